The maximum Gasteiger partial charge on any atom is 0.346 e. The number of hydrogen-bond donors (Lipinski definition) is 0. The zero-order valence-corrected chi connectivity index (χ0v) is 18.0. The summed E-state index contributed by atoms with van der Waals surface area (Å²) < 4.78 is 83.3. The Morgan fingerprint density at radius 3 is 2.09 bits per heavy atom. The van der Waals surface area contributed by atoms with Gasteiger partial charge in [0.2, 0.25) is 5.82 Å². The summed E-state index contributed by atoms with van der Waals surface area (Å²) in [6.07, 6.45) is 0. The van der Waals surface area contributed by atoms with Gasteiger partial charge in [0, 0.05) is 16.2 Å². The van der Waals surface area contributed by atoms with E-state index in [0.29, 0.717) is 21.9 Å². The topological polar surface area (TPSA) is 56.2 Å². The van der Waals surface area contributed by atoms with Gasteiger partial charge in [-0.1, -0.05) is 24.3 Å². The summed E-state index contributed by atoms with van der Waals surface area (Å²) in [6.45, 7) is 3.54. The summed E-state index contributed by atoms with van der Waals surface area (Å²) in [5, 5.41) is 0.425. The monoisotopic (exact) mass is 481 g/mol. The third-order valence-corrected chi connectivity index (χ3v) is 6.30. The predicted octanol–water partition coefficient (Wildman–Crippen LogP) is 7.22. The molecule has 0 fully saturated rings. The minimum atomic E-state index is -2.31. The number of furan rings is 1. The van der Waals surface area contributed by atoms with Crippen LogP contribution in [0.4, 0.5) is 22.0 Å². The highest BCUT2D eigenvalue weighted by molar-refractivity contribution is 6.23. The molecule has 174 valence electrons. The van der Waals surface area contributed by atoms with E-state index in [1.807, 2.05) is 6.92 Å². The van der Waals surface area contributed by atoms with Crippen LogP contribution in [0.15, 0.2) is 50.0 Å². The van der Waals surface area contributed by atoms with Crippen LogP contribution in [0, 0.1) is 42.9 Å². The molecule has 0 spiro atoms. The number of aromatic nitrogens is 1. The van der Waals surface area contributed by atoms with Crippen LogP contribution in [0.3, 0.4) is 0 Å². The molecule has 0 saturated heterocycles. The largest absolute Gasteiger partial charge is 0.454 e. The number of halogens is 5. The number of aryl methyl sites for hydroxylation is 2. The van der Waals surface area contributed by atoms with Gasteiger partial charge in [-0.05, 0) is 37.1 Å². The van der Waals surface area contributed by atoms with Crippen molar-refractivity contribution in [2.24, 2.45) is 0 Å². The lowest BCUT2D eigenvalue weighted by Crippen LogP contribution is -2.09. The summed E-state index contributed by atoms with van der Waals surface area (Å²) in [6, 6.07) is 10.0. The van der Waals surface area contributed by atoms with Crippen molar-refractivity contribution < 1.29 is 30.8 Å². The first kappa shape index (κ1) is 21.3. The van der Waals surface area contributed by atoms with E-state index in [1.54, 1.807) is 43.3 Å². The van der Waals surface area contributed by atoms with Gasteiger partial charge < -0.3 is 8.83 Å². The van der Waals surface area contributed by atoms with Crippen molar-refractivity contribution >= 4 is 43.8 Å². The molecule has 0 saturated carbocycles. The average molecular weight is 481 g/mol. The van der Waals surface area contributed by atoms with Crippen LogP contribution in [0.1, 0.15) is 11.1 Å². The molecule has 0 aliphatic rings. The van der Waals surface area contributed by atoms with Crippen molar-refractivity contribution in [1.82, 2.24) is 4.98 Å². The summed E-state index contributed by atoms with van der Waals surface area (Å²) in [5.74, 6) is -10.8. The third kappa shape index (κ3) is 2.72. The Labute approximate surface area is 192 Å². The van der Waals surface area contributed by atoms with Gasteiger partial charge in [-0.25, -0.2) is 31.7 Å². The first-order valence-electron chi connectivity index (χ1n) is 10.4. The molecule has 0 atom stereocenters. The molecule has 3 heterocycles. The minimum absolute atomic E-state index is 0.0946. The van der Waals surface area contributed by atoms with E-state index in [4.69, 9.17) is 8.83 Å². The predicted molar refractivity (Wildman–Crippen MR) is 120 cm³/mol. The molecule has 3 aromatic carbocycles. The second kappa shape index (κ2) is 7.11. The van der Waals surface area contributed by atoms with E-state index in [-0.39, 0.29) is 22.1 Å². The molecule has 6 aromatic rings. The van der Waals surface area contributed by atoms with Crippen molar-refractivity contribution in [3.63, 3.8) is 0 Å². The van der Waals surface area contributed by atoms with Gasteiger partial charge in [-0.2, -0.15) is 0 Å². The summed E-state index contributed by atoms with van der Waals surface area (Å²) in [5.41, 5.74) is -0.887. The molecular formula is C26H12F5NO3. The van der Waals surface area contributed by atoms with E-state index in [2.05, 4.69) is 4.98 Å². The van der Waals surface area contributed by atoms with Gasteiger partial charge in [0.1, 0.15) is 16.7 Å². The number of benzene rings is 3. The maximum absolute atomic E-state index is 14.9. The van der Waals surface area contributed by atoms with Gasteiger partial charge in [0.25, 0.3) is 0 Å². The molecule has 0 bridgehead atoms. The first-order chi connectivity index (χ1) is 16.7. The lowest BCUT2D eigenvalue weighted by atomic mass is 9.98. The van der Waals surface area contributed by atoms with Crippen LogP contribution in [-0.2, 0) is 0 Å². The highest BCUT2D eigenvalue weighted by atomic mass is 19.2. The molecule has 35 heavy (non-hydrogen) atoms. The number of pyridine rings is 1. The molecule has 0 aliphatic carbocycles. The van der Waals surface area contributed by atoms with Crippen molar-refractivity contribution in [2.45, 2.75) is 13.8 Å². The Hall–Kier alpha value is -4.27. The molecular weight excluding hydrogens is 469 g/mol. The van der Waals surface area contributed by atoms with Gasteiger partial charge >= 0.3 is 5.63 Å². The van der Waals surface area contributed by atoms with Crippen molar-refractivity contribution in [2.75, 3.05) is 0 Å². The van der Waals surface area contributed by atoms with Crippen molar-refractivity contribution in [3.8, 4) is 11.3 Å². The zero-order valence-electron chi connectivity index (χ0n) is 18.0. The van der Waals surface area contributed by atoms with E-state index >= 15 is 0 Å². The van der Waals surface area contributed by atoms with Crippen LogP contribution in [0.5, 0.6) is 0 Å². The Morgan fingerprint density at radius 2 is 1.37 bits per heavy atom. The van der Waals surface area contributed by atoms with Crippen LogP contribution >= 0.6 is 0 Å². The van der Waals surface area contributed by atoms with Crippen LogP contribution in [0.25, 0.3) is 55.1 Å². The number of nitrogens with zero attached hydrogens (tertiary/aromatic N) is 1. The van der Waals surface area contributed by atoms with E-state index in [1.165, 1.54) is 0 Å². The number of hydrogen-bond acceptors (Lipinski definition) is 4. The van der Waals surface area contributed by atoms with Crippen LogP contribution in [-0.4, -0.2) is 4.98 Å². The second-order valence-corrected chi connectivity index (χ2v) is 8.20. The van der Waals surface area contributed by atoms with Crippen LogP contribution in [0.2, 0.25) is 0 Å². The molecule has 0 unspecified atom stereocenters. The molecule has 0 N–H and O–H groups in total. The van der Waals surface area contributed by atoms with Crippen LogP contribution < -0.4 is 5.63 Å². The Bertz CT molecular complexity index is 1930. The Kier molecular flexibility index (Phi) is 4.32. The molecule has 0 aliphatic heterocycles. The molecule has 0 amide bonds. The van der Waals surface area contributed by atoms with Gasteiger partial charge in [0.15, 0.2) is 28.9 Å². The number of fused-ring (bicyclic) bond motifs is 7. The first-order valence-corrected chi connectivity index (χ1v) is 10.4. The fourth-order valence-electron chi connectivity index (χ4n) is 4.42. The quantitative estimate of drug-likeness (QED) is 0.0818. The molecule has 6 rings (SSSR count). The van der Waals surface area contributed by atoms with E-state index in [0.717, 1.165) is 5.56 Å². The maximum atomic E-state index is 14.9. The molecule has 9 heteroatoms. The van der Waals surface area contributed by atoms with Gasteiger partial charge in [-0.15, -0.1) is 0 Å². The standard InChI is InChI=1S/C26H12F5NO3/c1-9-7-8-12-14-15(26(33)35-24(12)10(9)2)23(16-17(27)19(29)21(31)20(30)18(16)28)32-22-11-5-3-4-6-13(11)34-25(14)22/h3-8H,1-2H3. The van der Waals surface area contributed by atoms with E-state index in [9.17, 15) is 26.7 Å². The lowest BCUT2D eigenvalue weighted by molar-refractivity contribution is 0.381. The number of para-hydroxylation sites is 1. The Morgan fingerprint density at radius 1 is 0.714 bits per heavy atom. The highest BCUT2D eigenvalue weighted by Gasteiger charge is 2.31. The SMILES string of the molecule is Cc1ccc2c(oc(=O)c3c(-c4c(F)c(F)c(F)c(F)c4F)nc4c5ccccc5oc4c32)c1C. The molecule has 3 aromatic heterocycles. The summed E-state index contributed by atoms with van der Waals surface area (Å²) >= 11 is 0. The summed E-state index contributed by atoms with van der Waals surface area (Å²) in [4.78, 5) is 17.4. The fourth-order valence-corrected chi connectivity index (χ4v) is 4.42. The fraction of sp³-hybridized carbons (Fsp3) is 0.0769. The lowest BCUT2D eigenvalue weighted by Gasteiger charge is -2.12. The van der Waals surface area contributed by atoms with E-state index < -0.39 is 51.4 Å². The summed E-state index contributed by atoms with van der Waals surface area (Å²) in [7, 11) is 0. The smallest absolute Gasteiger partial charge is 0.346 e. The minimum Gasteiger partial charge on any atom is -0.454 e. The number of rotatable bonds is 1. The highest BCUT2D eigenvalue weighted by Crippen LogP contribution is 2.41. The normalized spacial score (nSPS) is 12.0. The average Bonchev–Trinajstić information content (AvgIpc) is 3.22. The molecule has 0 radical (unpaired) electrons. The molecule has 4 nitrogen and oxygen atoms in total. The van der Waals surface area contributed by atoms with Gasteiger partial charge in [-0.3, -0.25) is 0 Å². The van der Waals surface area contributed by atoms with Crippen molar-refractivity contribution in [1.29, 1.82) is 0 Å². The third-order valence-electron chi connectivity index (χ3n) is 6.30. The second-order valence-electron chi connectivity index (χ2n) is 8.20. The van der Waals surface area contributed by atoms with Crippen molar-refractivity contribution in [3.05, 3.63) is 87.0 Å². The van der Waals surface area contributed by atoms with Gasteiger partial charge in [0.05, 0.1) is 16.6 Å². The Balaban J connectivity index is 1.97. The zero-order chi connectivity index (χ0) is 24.8.